The first-order chi connectivity index (χ1) is 5.93. The highest BCUT2D eigenvalue weighted by molar-refractivity contribution is 4.67. The smallest absolute Gasteiger partial charge is 0.0107 e. The Hall–Kier alpha value is -0.160. The predicted molar refractivity (Wildman–Crippen MR) is 50.7 cm³/mol. The molecule has 0 aromatic heterocycles. The predicted octanol–water partition coefficient (Wildman–Crippen LogP) is -0.865. The Labute approximate surface area is 74.5 Å². The van der Waals surface area contributed by atoms with Gasteiger partial charge in [0.05, 0.1) is 0 Å². The number of rotatable bonds is 5. The summed E-state index contributed by atoms with van der Waals surface area (Å²) in [5, 5.41) is 3.34. The third-order valence-corrected chi connectivity index (χ3v) is 2.26. The summed E-state index contributed by atoms with van der Waals surface area (Å²) in [4.78, 5) is 2.51. The Bertz CT molecular complexity index is 101. The van der Waals surface area contributed by atoms with Gasteiger partial charge in [-0.3, -0.25) is 11.3 Å². The van der Waals surface area contributed by atoms with E-state index in [1.165, 1.54) is 32.5 Å². The zero-order chi connectivity index (χ0) is 8.65. The van der Waals surface area contributed by atoms with E-state index in [1.807, 2.05) is 0 Å². The number of hydrogen-bond acceptors (Lipinski definition) is 4. The molecule has 0 spiro atoms. The van der Waals surface area contributed by atoms with Crippen LogP contribution in [0.2, 0.25) is 0 Å². The molecule has 1 aliphatic rings. The topological polar surface area (TPSA) is 53.3 Å². The zero-order valence-electron chi connectivity index (χ0n) is 7.68. The average Bonchev–Trinajstić information content (AvgIpc) is 2.14. The molecule has 0 unspecified atom stereocenters. The second-order valence-corrected chi connectivity index (χ2v) is 3.25. The van der Waals surface area contributed by atoms with Crippen LogP contribution < -0.4 is 16.6 Å². The van der Waals surface area contributed by atoms with E-state index in [0.29, 0.717) is 0 Å². The molecule has 1 heterocycles. The lowest BCUT2D eigenvalue weighted by molar-refractivity contribution is 0.236. The Kier molecular flexibility index (Phi) is 5.27. The molecule has 1 aliphatic heterocycles. The van der Waals surface area contributed by atoms with Crippen LogP contribution in [0.25, 0.3) is 0 Å². The van der Waals surface area contributed by atoms with Crippen molar-refractivity contribution in [2.24, 2.45) is 5.84 Å². The molecule has 0 atom stereocenters. The first kappa shape index (κ1) is 9.92. The number of nitrogens with two attached hydrogens (primary N) is 1. The molecule has 4 heteroatoms. The summed E-state index contributed by atoms with van der Waals surface area (Å²) in [6.45, 7) is 6.87. The third-order valence-electron chi connectivity index (χ3n) is 2.26. The van der Waals surface area contributed by atoms with Crippen LogP contribution in [-0.4, -0.2) is 44.2 Å². The number of unbranched alkanes of at least 4 members (excludes halogenated alkanes) is 1. The van der Waals surface area contributed by atoms with Crippen molar-refractivity contribution >= 4 is 0 Å². The van der Waals surface area contributed by atoms with Gasteiger partial charge in [0.1, 0.15) is 0 Å². The summed E-state index contributed by atoms with van der Waals surface area (Å²) in [6, 6.07) is 0. The van der Waals surface area contributed by atoms with Crippen molar-refractivity contribution in [3.8, 4) is 0 Å². The van der Waals surface area contributed by atoms with Crippen LogP contribution in [-0.2, 0) is 0 Å². The molecule has 0 saturated carbocycles. The highest BCUT2D eigenvalue weighted by atomic mass is 15.2. The van der Waals surface area contributed by atoms with E-state index in [-0.39, 0.29) is 0 Å². The lowest BCUT2D eigenvalue weighted by Gasteiger charge is -2.26. The average molecular weight is 172 g/mol. The van der Waals surface area contributed by atoms with Crippen molar-refractivity contribution in [2.75, 3.05) is 39.3 Å². The highest BCUT2D eigenvalue weighted by Crippen LogP contribution is 1.96. The number of piperazine rings is 1. The molecule has 0 bridgehead atoms. The van der Waals surface area contributed by atoms with Gasteiger partial charge in [-0.05, 0) is 19.4 Å². The number of nitrogens with zero attached hydrogens (tertiary/aromatic N) is 1. The minimum absolute atomic E-state index is 0.937. The van der Waals surface area contributed by atoms with E-state index in [1.54, 1.807) is 0 Å². The van der Waals surface area contributed by atoms with Gasteiger partial charge >= 0.3 is 0 Å². The highest BCUT2D eigenvalue weighted by Gasteiger charge is 2.07. The maximum Gasteiger partial charge on any atom is 0.0107 e. The van der Waals surface area contributed by atoms with E-state index in [4.69, 9.17) is 5.84 Å². The van der Waals surface area contributed by atoms with Crippen LogP contribution in [0, 0.1) is 0 Å². The van der Waals surface area contributed by atoms with E-state index in [9.17, 15) is 0 Å². The van der Waals surface area contributed by atoms with Crippen LogP contribution in [0.4, 0.5) is 0 Å². The van der Waals surface area contributed by atoms with Gasteiger partial charge in [0.25, 0.3) is 0 Å². The van der Waals surface area contributed by atoms with E-state index >= 15 is 0 Å². The van der Waals surface area contributed by atoms with E-state index < -0.39 is 0 Å². The Morgan fingerprint density at radius 2 is 2.00 bits per heavy atom. The second kappa shape index (κ2) is 6.37. The van der Waals surface area contributed by atoms with E-state index in [0.717, 1.165) is 19.6 Å². The summed E-state index contributed by atoms with van der Waals surface area (Å²) in [5.74, 6) is 5.17. The van der Waals surface area contributed by atoms with Crippen LogP contribution in [0.3, 0.4) is 0 Å². The van der Waals surface area contributed by atoms with Gasteiger partial charge in [-0.2, -0.15) is 0 Å². The summed E-state index contributed by atoms with van der Waals surface area (Å²) >= 11 is 0. The van der Waals surface area contributed by atoms with Crippen molar-refractivity contribution in [2.45, 2.75) is 12.8 Å². The quantitative estimate of drug-likeness (QED) is 0.287. The van der Waals surface area contributed by atoms with Gasteiger partial charge in [0.15, 0.2) is 0 Å². The normalized spacial score (nSPS) is 19.8. The minimum atomic E-state index is 0.937. The van der Waals surface area contributed by atoms with Crippen molar-refractivity contribution < 1.29 is 0 Å². The molecular weight excluding hydrogens is 152 g/mol. The molecular formula is C8H20N4. The van der Waals surface area contributed by atoms with Gasteiger partial charge in [-0.1, -0.05) is 0 Å². The summed E-state index contributed by atoms with van der Waals surface area (Å²) in [6.07, 6.45) is 2.44. The first-order valence-corrected chi connectivity index (χ1v) is 4.80. The Morgan fingerprint density at radius 1 is 1.25 bits per heavy atom. The third kappa shape index (κ3) is 4.01. The van der Waals surface area contributed by atoms with Crippen molar-refractivity contribution in [3.63, 3.8) is 0 Å². The Balaban J connectivity index is 1.91. The fourth-order valence-electron chi connectivity index (χ4n) is 1.50. The van der Waals surface area contributed by atoms with Crippen LogP contribution in [0.1, 0.15) is 12.8 Å². The molecule has 1 fully saturated rings. The van der Waals surface area contributed by atoms with E-state index in [2.05, 4.69) is 15.6 Å². The van der Waals surface area contributed by atoms with Gasteiger partial charge in [-0.15, -0.1) is 0 Å². The monoisotopic (exact) mass is 172 g/mol. The lowest BCUT2D eigenvalue weighted by Crippen LogP contribution is -2.43. The first-order valence-electron chi connectivity index (χ1n) is 4.80. The van der Waals surface area contributed by atoms with Gasteiger partial charge in [0, 0.05) is 32.7 Å². The van der Waals surface area contributed by atoms with Crippen LogP contribution in [0.5, 0.6) is 0 Å². The second-order valence-electron chi connectivity index (χ2n) is 3.25. The molecule has 12 heavy (non-hydrogen) atoms. The van der Waals surface area contributed by atoms with Gasteiger partial charge in [0.2, 0.25) is 0 Å². The van der Waals surface area contributed by atoms with Crippen molar-refractivity contribution in [3.05, 3.63) is 0 Å². The molecule has 4 nitrogen and oxygen atoms in total. The minimum Gasteiger partial charge on any atom is -0.314 e. The number of hydrogen-bond donors (Lipinski definition) is 3. The molecule has 1 rings (SSSR count). The molecule has 72 valence electrons. The maximum absolute atomic E-state index is 5.17. The fraction of sp³-hybridized carbons (Fsp3) is 1.00. The van der Waals surface area contributed by atoms with Crippen molar-refractivity contribution in [1.29, 1.82) is 0 Å². The number of hydrazine groups is 1. The molecule has 1 saturated heterocycles. The summed E-state index contributed by atoms with van der Waals surface area (Å²) < 4.78 is 0. The maximum atomic E-state index is 5.17. The lowest BCUT2D eigenvalue weighted by atomic mass is 10.2. The Morgan fingerprint density at radius 3 is 2.67 bits per heavy atom. The zero-order valence-corrected chi connectivity index (χ0v) is 7.68. The molecule has 0 aromatic rings. The van der Waals surface area contributed by atoms with Gasteiger partial charge in [-0.25, -0.2) is 0 Å². The number of nitrogens with one attached hydrogen (secondary N) is 2. The standard InChI is InChI=1S/C8H20N4/c9-11-3-1-2-6-12-7-4-10-5-8-12/h10-11H,1-9H2. The molecule has 0 aliphatic carbocycles. The van der Waals surface area contributed by atoms with Crippen LogP contribution in [0.15, 0.2) is 0 Å². The molecule has 0 aromatic carbocycles. The van der Waals surface area contributed by atoms with Crippen LogP contribution >= 0.6 is 0 Å². The summed E-state index contributed by atoms with van der Waals surface area (Å²) in [7, 11) is 0. The largest absolute Gasteiger partial charge is 0.314 e. The molecule has 0 radical (unpaired) electrons. The molecule has 0 amide bonds. The SMILES string of the molecule is NNCCCCN1CCNCC1. The van der Waals surface area contributed by atoms with Gasteiger partial charge < -0.3 is 10.2 Å². The fourth-order valence-corrected chi connectivity index (χ4v) is 1.50. The molecule has 4 N–H and O–H groups in total. The summed E-state index contributed by atoms with van der Waals surface area (Å²) in [5.41, 5.74) is 2.67. The van der Waals surface area contributed by atoms with Crippen molar-refractivity contribution in [1.82, 2.24) is 15.6 Å².